The zero-order chi connectivity index (χ0) is 25.4. The molecule has 0 aliphatic carbocycles. The van der Waals surface area contributed by atoms with Gasteiger partial charge < -0.3 is 15.6 Å². The molecule has 0 bridgehead atoms. The molecule has 0 radical (unpaired) electrons. The quantitative estimate of drug-likeness (QED) is 0.322. The summed E-state index contributed by atoms with van der Waals surface area (Å²) < 4.78 is 6.06. The van der Waals surface area contributed by atoms with Gasteiger partial charge in [0.2, 0.25) is 0 Å². The zero-order valence-corrected chi connectivity index (χ0v) is 22.6. The van der Waals surface area contributed by atoms with Crippen molar-refractivity contribution in [3.8, 4) is 5.75 Å². The summed E-state index contributed by atoms with van der Waals surface area (Å²) >= 11 is 0. The second kappa shape index (κ2) is 12.6. The number of hydrogen-bond donors (Lipinski definition) is 2. The lowest BCUT2D eigenvalue weighted by Crippen LogP contribution is -2.26. The minimum atomic E-state index is -0.471. The van der Waals surface area contributed by atoms with Crippen LogP contribution in [0.1, 0.15) is 94.5 Å². The van der Waals surface area contributed by atoms with Crippen molar-refractivity contribution >= 4 is 6.08 Å². The van der Waals surface area contributed by atoms with Crippen LogP contribution in [-0.4, -0.2) is 24.4 Å². The SMILES string of the molecule is CCC(CC)(c1ccc(/C=C/C(O)C(C)(C)C)c(C)c1)c1ccc(OCCCCCN)c(C)c1. The summed E-state index contributed by atoms with van der Waals surface area (Å²) in [7, 11) is 0. The van der Waals surface area contributed by atoms with Crippen molar-refractivity contribution < 1.29 is 9.84 Å². The molecule has 0 aliphatic rings. The van der Waals surface area contributed by atoms with Crippen LogP contribution in [0, 0.1) is 19.3 Å². The van der Waals surface area contributed by atoms with Crippen molar-refractivity contribution in [3.05, 3.63) is 70.3 Å². The van der Waals surface area contributed by atoms with Gasteiger partial charge in [0.1, 0.15) is 5.75 Å². The Morgan fingerprint density at radius 2 is 1.53 bits per heavy atom. The minimum absolute atomic E-state index is 0.0393. The number of rotatable bonds is 12. The fraction of sp³-hybridized carbons (Fsp3) is 0.548. The van der Waals surface area contributed by atoms with Gasteiger partial charge in [-0.1, -0.05) is 77.1 Å². The summed E-state index contributed by atoms with van der Waals surface area (Å²) in [4.78, 5) is 0. The molecule has 1 atom stereocenters. The molecule has 0 heterocycles. The van der Waals surface area contributed by atoms with Crippen molar-refractivity contribution in [2.45, 2.75) is 92.1 Å². The molecule has 3 nitrogen and oxygen atoms in total. The molecule has 3 N–H and O–H groups in total. The molecule has 2 rings (SSSR count). The summed E-state index contributed by atoms with van der Waals surface area (Å²) in [6.07, 6.45) is 8.76. The highest BCUT2D eigenvalue weighted by Crippen LogP contribution is 2.41. The van der Waals surface area contributed by atoms with E-state index in [9.17, 15) is 5.11 Å². The van der Waals surface area contributed by atoms with Gasteiger partial charge in [-0.05, 0) is 91.8 Å². The summed E-state index contributed by atoms with van der Waals surface area (Å²) in [6.45, 7) is 16.5. The van der Waals surface area contributed by atoms with Crippen LogP contribution in [0.2, 0.25) is 0 Å². The molecule has 34 heavy (non-hydrogen) atoms. The molecule has 0 saturated heterocycles. The van der Waals surface area contributed by atoms with Gasteiger partial charge in [0.05, 0.1) is 12.7 Å². The van der Waals surface area contributed by atoms with Gasteiger partial charge in [-0.25, -0.2) is 0 Å². The van der Waals surface area contributed by atoms with Crippen LogP contribution in [0.3, 0.4) is 0 Å². The monoisotopic (exact) mass is 465 g/mol. The highest BCUT2D eigenvalue weighted by molar-refractivity contribution is 5.57. The number of nitrogens with two attached hydrogens (primary N) is 1. The lowest BCUT2D eigenvalue weighted by Gasteiger charge is -2.34. The van der Waals surface area contributed by atoms with E-state index in [0.29, 0.717) is 0 Å². The van der Waals surface area contributed by atoms with E-state index in [-0.39, 0.29) is 10.8 Å². The average molecular weight is 466 g/mol. The Hall–Kier alpha value is -2.10. The number of unbranched alkanes of at least 4 members (excludes halogenated alkanes) is 2. The Balaban J connectivity index is 2.29. The van der Waals surface area contributed by atoms with Crippen LogP contribution in [0.4, 0.5) is 0 Å². The maximum atomic E-state index is 10.4. The van der Waals surface area contributed by atoms with Gasteiger partial charge in [0.15, 0.2) is 0 Å². The summed E-state index contributed by atoms with van der Waals surface area (Å²) in [5.41, 5.74) is 11.6. The predicted octanol–water partition coefficient (Wildman–Crippen LogP) is 7.34. The van der Waals surface area contributed by atoms with Gasteiger partial charge in [0, 0.05) is 5.41 Å². The largest absolute Gasteiger partial charge is 0.493 e. The van der Waals surface area contributed by atoms with E-state index in [1.54, 1.807) is 0 Å². The fourth-order valence-electron chi connectivity index (χ4n) is 4.59. The zero-order valence-electron chi connectivity index (χ0n) is 22.6. The number of hydrogen-bond acceptors (Lipinski definition) is 3. The predicted molar refractivity (Wildman–Crippen MR) is 147 cm³/mol. The average Bonchev–Trinajstić information content (AvgIpc) is 2.80. The van der Waals surface area contributed by atoms with E-state index in [2.05, 4.69) is 90.9 Å². The van der Waals surface area contributed by atoms with Gasteiger partial charge in [-0.15, -0.1) is 0 Å². The molecule has 0 aromatic heterocycles. The summed E-state index contributed by atoms with van der Waals surface area (Å²) in [5, 5.41) is 10.4. The number of aliphatic hydroxyl groups excluding tert-OH is 1. The van der Waals surface area contributed by atoms with Crippen molar-refractivity contribution in [2.24, 2.45) is 11.1 Å². The Kier molecular flexibility index (Phi) is 10.4. The molecule has 0 amide bonds. The molecule has 3 heteroatoms. The molecule has 2 aromatic rings. The lowest BCUT2D eigenvalue weighted by atomic mass is 9.70. The van der Waals surface area contributed by atoms with Crippen molar-refractivity contribution in [1.29, 1.82) is 0 Å². The van der Waals surface area contributed by atoms with E-state index < -0.39 is 6.10 Å². The van der Waals surface area contributed by atoms with E-state index in [0.717, 1.165) is 56.6 Å². The second-order valence-corrected chi connectivity index (χ2v) is 10.7. The first-order valence-electron chi connectivity index (χ1n) is 13.0. The molecule has 0 aliphatic heterocycles. The molecular weight excluding hydrogens is 418 g/mol. The van der Waals surface area contributed by atoms with Crippen LogP contribution in [0.25, 0.3) is 6.08 Å². The second-order valence-electron chi connectivity index (χ2n) is 10.7. The minimum Gasteiger partial charge on any atom is -0.493 e. The van der Waals surface area contributed by atoms with Crippen molar-refractivity contribution in [2.75, 3.05) is 13.2 Å². The Labute approximate surface area is 208 Å². The standard InChI is InChI=1S/C31H47NO2/c1-8-31(9-2,27-16-17-28(24(4)22-27)34-20-12-10-11-19-32)26-15-13-25(23(3)21-26)14-18-29(33)30(5,6)7/h13-18,21-22,29,33H,8-12,19-20,32H2,1-7H3/b18-14+. The normalized spacial score (nSPS) is 13.4. The van der Waals surface area contributed by atoms with E-state index >= 15 is 0 Å². The summed E-state index contributed by atoms with van der Waals surface area (Å²) in [6, 6.07) is 13.5. The fourth-order valence-corrected chi connectivity index (χ4v) is 4.59. The van der Waals surface area contributed by atoms with E-state index in [1.807, 2.05) is 6.08 Å². The lowest BCUT2D eigenvalue weighted by molar-refractivity contribution is 0.106. The first-order chi connectivity index (χ1) is 16.1. The number of aryl methyl sites for hydroxylation is 2. The molecule has 1 unspecified atom stereocenters. The van der Waals surface area contributed by atoms with Crippen molar-refractivity contribution in [1.82, 2.24) is 0 Å². The van der Waals surface area contributed by atoms with Gasteiger partial charge in [-0.3, -0.25) is 0 Å². The van der Waals surface area contributed by atoms with Crippen LogP contribution >= 0.6 is 0 Å². The van der Waals surface area contributed by atoms with E-state index in [1.165, 1.54) is 22.3 Å². The third kappa shape index (κ3) is 6.96. The van der Waals surface area contributed by atoms with Gasteiger partial charge >= 0.3 is 0 Å². The van der Waals surface area contributed by atoms with Gasteiger partial charge in [0.25, 0.3) is 0 Å². The van der Waals surface area contributed by atoms with Crippen LogP contribution < -0.4 is 10.5 Å². The van der Waals surface area contributed by atoms with Crippen LogP contribution in [0.15, 0.2) is 42.5 Å². The van der Waals surface area contributed by atoms with Crippen molar-refractivity contribution in [3.63, 3.8) is 0 Å². The van der Waals surface area contributed by atoms with Crippen LogP contribution in [0.5, 0.6) is 5.75 Å². The number of benzene rings is 2. The molecule has 0 saturated carbocycles. The molecule has 2 aromatic carbocycles. The Morgan fingerprint density at radius 1 is 0.912 bits per heavy atom. The first-order valence-corrected chi connectivity index (χ1v) is 13.0. The molecular formula is C31H47NO2. The molecule has 188 valence electrons. The Bertz CT molecular complexity index is 935. The maximum absolute atomic E-state index is 10.4. The third-order valence-electron chi connectivity index (χ3n) is 7.21. The van der Waals surface area contributed by atoms with Gasteiger partial charge in [-0.2, -0.15) is 0 Å². The van der Waals surface area contributed by atoms with E-state index in [4.69, 9.17) is 10.5 Å². The maximum Gasteiger partial charge on any atom is 0.122 e. The number of aliphatic hydroxyl groups is 1. The highest BCUT2D eigenvalue weighted by atomic mass is 16.5. The molecule has 0 fully saturated rings. The number of ether oxygens (including phenoxy) is 1. The third-order valence-corrected chi connectivity index (χ3v) is 7.21. The molecule has 0 spiro atoms. The first kappa shape index (κ1) is 28.1. The highest BCUT2D eigenvalue weighted by Gasteiger charge is 2.31. The summed E-state index contributed by atoms with van der Waals surface area (Å²) in [5.74, 6) is 0.978. The van der Waals surface area contributed by atoms with Crippen LogP contribution in [-0.2, 0) is 5.41 Å². The topological polar surface area (TPSA) is 55.5 Å². The smallest absolute Gasteiger partial charge is 0.122 e. The Morgan fingerprint density at radius 3 is 2.06 bits per heavy atom.